The number of unbranched alkanes of at least 4 members (excludes halogenated alkanes) is 40. The molecular weight excluding hydrogens is 1060 g/mol. The average Bonchev–Trinajstić information content (AvgIpc) is 3.46. The summed E-state index contributed by atoms with van der Waals surface area (Å²) in [5.41, 5.74) is 4.43. The third-order valence-electron chi connectivity index (χ3n) is 16.9. The number of hydrogen-bond donors (Lipinski definition) is 0. The molecule has 0 aromatic heterocycles. The molecular formula is C72H118CaO6S2. The van der Waals surface area contributed by atoms with Crippen LogP contribution in [-0.4, -0.2) is 63.7 Å². The third-order valence-corrected chi connectivity index (χ3v) is 18.6. The second-order valence-corrected chi connectivity index (χ2v) is 27.0. The van der Waals surface area contributed by atoms with Crippen LogP contribution in [0.1, 0.15) is 332 Å². The summed E-state index contributed by atoms with van der Waals surface area (Å²) in [6.45, 7) is 9.06. The van der Waals surface area contributed by atoms with Crippen LogP contribution < -0.4 is 0 Å². The number of hydrogen-bond acceptors (Lipinski definition) is 6. The molecule has 9 heteroatoms. The van der Waals surface area contributed by atoms with E-state index in [9.17, 15) is 25.9 Å². The Morgan fingerprint density at radius 3 is 0.654 bits per heavy atom. The van der Waals surface area contributed by atoms with Gasteiger partial charge in [-0.1, -0.05) is 333 Å². The molecule has 0 fully saturated rings. The Kier molecular flexibility index (Phi) is 45.3. The number of fused-ring (bicyclic) bond motifs is 2. The maximum Gasteiger partial charge on any atom is 2.00 e. The van der Waals surface area contributed by atoms with Crippen LogP contribution in [-0.2, 0) is 45.9 Å². The molecule has 6 nitrogen and oxygen atoms in total. The van der Waals surface area contributed by atoms with Gasteiger partial charge >= 0.3 is 37.7 Å². The van der Waals surface area contributed by atoms with Crippen molar-refractivity contribution in [2.45, 2.75) is 346 Å². The van der Waals surface area contributed by atoms with Crippen molar-refractivity contribution in [3.63, 3.8) is 0 Å². The van der Waals surface area contributed by atoms with Crippen molar-refractivity contribution in [1.82, 2.24) is 0 Å². The number of rotatable bonds is 50. The summed E-state index contributed by atoms with van der Waals surface area (Å²) in [4.78, 5) is -0.103. The van der Waals surface area contributed by atoms with Crippen molar-refractivity contribution >= 4 is 79.5 Å². The van der Waals surface area contributed by atoms with Gasteiger partial charge < -0.3 is 9.11 Å². The van der Waals surface area contributed by atoms with Crippen LogP contribution in [0.4, 0.5) is 0 Å². The van der Waals surface area contributed by atoms with Gasteiger partial charge in [-0.25, -0.2) is 16.8 Å². The van der Waals surface area contributed by atoms with Crippen LogP contribution in [0.2, 0.25) is 0 Å². The van der Waals surface area contributed by atoms with Crippen LogP contribution in [0.5, 0.6) is 0 Å². The SMILES string of the molecule is CCCCCCCCCCCCCc1ccc2c(S(=O)(=O)[O-])cc(CCCCCCCCCCCCC)cc2c1.CCCCCCCCCCCCCc1ccc2c(S(=O)(=O)[O-])cc(CCCCCCCCCCCCC)cc2c1.[Ca+2]. The van der Waals surface area contributed by atoms with E-state index in [4.69, 9.17) is 0 Å². The molecule has 0 atom stereocenters. The van der Waals surface area contributed by atoms with E-state index in [2.05, 4.69) is 52.0 Å². The predicted octanol–water partition coefficient (Wildman–Crippen LogP) is 22.5. The van der Waals surface area contributed by atoms with Crippen LogP contribution in [0.3, 0.4) is 0 Å². The Balaban J connectivity index is 0.000000547. The number of aryl methyl sites for hydroxylation is 4. The summed E-state index contributed by atoms with van der Waals surface area (Å²) in [7, 11) is -9.02. The maximum absolute atomic E-state index is 12.1. The third kappa shape index (κ3) is 36.3. The van der Waals surface area contributed by atoms with Crippen molar-refractivity contribution in [1.29, 1.82) is 0 Å². The molecule has 0 N–H and O–H groups in total. The minimum Gasteiger partial charge on any atom is -0.744 e. The molecule has 0 unspecified atom stereocenters. The van der Waals surface area contributed by atoms with Crippen LogP contribution in [0, 0.1) is 0 Å². The molecule has 0 saturated heterocycles. The van der Waals surface area contributed by atoms with Crippen LogP contribution >= 0.6 is 0 Å². The minimum absolute atomic E-state index is 0. The van der Waals surface area contributed by atoms with E-state index in [0.29, 0.717) is 10.8 Å². The summed E-state index contributed by atoms with van der Waals surface area (Å²) in [5.74, 6) is 0. The van der Waals surface area contributed by atoms with Gasteiger partial charge in [0, 0.05) is 0 Å². The summed E-state index contributed by atoms with van der Waals surface area (Å²) >= 11 is 0. The molecule has 0 radical (unpaired) electrons. The van der Waals surface area contributed by atoms with Gasteiger partial charge in [-0.15, -0.1) is 0 Å². The van der Waals surface area contributed by atoms with Crippen LogP contribution in [0.25, 0.3) is 21.5 Å². The van der Waals surface area contributed by atoms with Crippen LogP contribution in [0.15, 0.2) is 70.5 Å². The van der Waals surface area contributed by atoms with E-state index in [1.807, 2.05) is 24.3 Å². The van der Waals surface area contributed by atoms with Gasteiger partial charge in [0.2, 0.25) is 0 Å². The zero-order chi connectivity index (χ0) is 57.8. The van der Waals surface area contributed by atoms with Gasteiger partial charge in [-0.2, -0.15) is 0 Å². The van der Waals surface area contributed by atoms with E-state index >= 15 is 0 Å². The molecule has 0 saturated carbocycles. The molecule has 0 heterocycles. The van der Waals surface area contributed by atoms with E-state index in [-0.39, 0.29) is 47.5 Å². The zero-order valence-corrected chi connectivity index (χ0v) is 56.5. The van der Waals surface area contributed by atoms with E-state index in [0.717, 1.165) is 86.1 Å². The van der Waals surface area contributed by atoms with Gasteiger partial charge in [-0.3, -0.25) is 0 Å². The van der Waals surface area contributed by atoms with E-state index in [1.165, 1.54) is 255 Å². The predicted molar refractivity (Wildman–Crippen MR) is 350 cm³/mol. The normalized spacial score (nSPS) is 11.8. The zero-order valence-electron chi connectivity index (χ0n) is 52.7. The smallest absolute Gasteiger partial charge is 0.744 e. The Morgan fingerprint density at radius 1 is 0.259 bits per heavy atom. The van der Waals surface area contributed by atoms with Gasteiger partial charge in [0.1, 0.15) is 20.2 Å². The number of benzene rings is 4. The molecule has 0 aliphatic rings. The Hall–Kier alpha value is -1.52. The first kappa shape index (κ1) is 75.6. The molecule has 0 amide bonds. The van der Waals surface area contributed by atoms with Crippen molar-refractivity contribution in [3.8, 4) is 0 Å². The van der Waals surface area contributed by atoms with Crippen molar-refractivity contribution in [2.24, 2.45) is 0 Å². The van der Waals surface area contributed by atoms with E-state index < -0.39 is 20.2 Å². The first-order valence-corrected chi connectivity index (χ1v) is 36.8. The van der Waals surface area contributed by atoms with Crippen molar-refractivity contribution in [3.05, 3.63) is 82.9 Å². The van der Waals surface area contributed by atoms with Crippen molar-refractivity contribution in [2.75, 3.05) is 0 Å². The fraction of sp³-hybridized carbons (Fsp3) is 0.722. The molecule has 456 valence electrons. The quantitative estimate of drug-likeness (QED) is 0.0247. The molecule has 4 aromatic carbocycles. The molecule has 4 rings (SSSR count). The molecule has 0 aliphatic carbocycles. The van der Waals surface area contributed by atoms with Gasteiger partial charge in [0.15, 0.2) is 0 Å². The summed E-state index contributed by atoms with van der Waals surface area (Å²) in [6.07, 6.45) is 61.3. The fourth-order valence-electron chi connectivity index (χ4n) is 11.9. The molecule has 4 aromatic rings. The second-order valence-electron chi connectivity index (χ2n) is 24.3. The van der Waals surface area contributed by atoms with Gasteiger partial charge in [0.05, 0.1) is 9.79 Å². The molecule has 0 aliphatic heterocycles. The van der Waals surface area contributed by atoms with Gasteiger partial charge in [-0.05, 0) is 107 Å². The Bertz CT molecular complexity index is 2220. The first-order valence-electron chi connectivity index (χ1n) is 33.9. The summed E-state index contributed by atoms with van der Waals surface area (Å²) in [5, 5.41) is 2.94. The largest absolute Gasteiger partial charge is 2.00 e. The summed E-state index contributed by atoms with van der Waals surface area (Å²) < 4.78 is 72.4. The molecule has 0 bridgehead atoms. The van der Waals surface area contributed by atoms with E-state index in [1.54, 1.807) is 12.1 Å². The average molecular weight is 1180 g/mol. The van der Waals surface area contributed by atoms with Crippen molar-refractivity contribution < 1.29 is 25.9 Å². The standard InChI is InChI=1S/2C36H60O3S.Ca/c2*1-3-5-7-9-11-13-15-17-19-21-23-25-32-27-28-35-34(29-32)30-33(31-36(35)40(37,38)39)26-24-22-20-18-16-14-12-10-8-6-4-2;/h2*27-31H,3-26H2,1-2H3,(H,37,38,39);/q;;+2/p-2. The Labute approximate surface area is 529 Å². The minimum atomic E-state index is -4.51. The molecule has 81 heavy (non-hydrogen) atoms. The first-order chi connectivity index (χ1) is 38.9. The Morgan fingerprint density at radius 2 is 0.444 bits per heavy atom. The molecule has 0 spiro atoms. The van der Waals surface area contributed by atoms with Gasteiger partial charge in [0.25, 0.3) is 0 Å². The second kappa shape index (κ2) is 48.6. The maximum atomic E-state index is 12.1. The topological polar surface area (TPSA) is 114 Å². The fourth-order valence-corrected chi connectivity index (χ4v) is 13.4. The summed E-state index contributed by atoms with van der Waals surface area (Å²) in [6, 6.07) is 19.4. The monoisotopic (exact) mass is 1180 g/mol.